The number of pyridine rings is 1. The van der Waals surface area contributed by atoms with E-state index in [1.807, 2.05) is 13.0 Å². The van der Waals surface area contributed by atoms with Crippen LogP contribution in [0, 0.1) is 24.1 Å². The van der Waals surface area contributed by atoms with Crippen LogP contribution in [0.4, 0.5) is 17.6 Å². The van der Waals surface area contributed by atoms with E-state index in [-0.39, 0.29) is 17.8 Å². The molecule has 32 heavy (non-hydrogen) atoms. The van der Waals surface area contributed by atoms with Gasteiger partial charge in [0, 0.05) is 12.1 Å². The van der Waals surface area contributed by atoms with Crippen LogP contribution in [0.2, 0.25) is 0 Å². The molecule has 0 radical (unpaired) electrons. The molecule has 1 amide bonds. The number of nitrogens with zero attached hydrogens (tertiary/aromatic N) is 2. The molecule has 3 rings (SSSR count). The number of aryl methyl sites for hydroxylation is 1. The zero-order valence-electron chi connectivity index (χ0n) is 17.3. The summed E-state index contributed by atoms with van der Waals surface area (Å²) in [7, 11) is 0. The number of hydrogen-bond donors (Lipinski definition) is 1. The van der Waals surface area contributed by atoms with Crippen LogP contribution in [0.15, 0.2) is 54.6 Å². The third-order valence-corrected chi connectivity index (χ3v) is 5.02. The first-order chi connectivity index (χ1) is 15.1. The lowest BCUT2D eigenvalue weighted by Crippen LogP contribution is -2.28. The predicted molar refractivity (Wildman–Crippen MR) is 111 cm³/mol. The average Bonchev–Trinajstić information content (AvgIpc) is 2.76. The molecule has 0 saturated heterocycles. The van der Waals surface area contributed by atoms with E-state index in [4.69, 9.17) is 5.26 Å². The highest BCUT2D eigenvalue weighted by Crippen LogP contribution is 2.31. The second-order valence-corrected chi connectivity index (χ2v) is 7.36. The molecule has 0 aliphatic rings. The van der Waals surface area contributed by atoms with Gasteiger partial charge < -0.3 is 5.32 Å². The van der Waals surface area contributed by atoms with Gasteiger partial charge in [-0.1, -0.05) is 35.9 Å². The number of alkyl halides is 3. The Balaban J connectivity index is 1.86. The standard InChI is InChI=1S/C24H19F4N3O/c1-14-4-3-5-17(10-14)22-19(8-9-21(31-22)24(26,27)28)13-30-23(32)15(2)16-6-7-18(12-29)20(25)11-16/h3-11,15H,13H2,1-2H3,(H,30,32). The number of hydrogen-bond acceptors (Lipinski definition) is 3. The first-order valence-corrected chi connectivity index (χ1v) is 9.71. The van der Waals surface area contributed by atoms with E-state index in [1.54, 1.807) is 31.2 Å². The van der Waals surface area contributed by atoms with Gasteiger partial charge in [0.25, 0.3) is 0 Å². The van der Waals surface area contributed by atoms with Crippen molar-refractivity contribution >= 4 is 5.91 Å². The molecule has 1 N–H and O–H groups in total. The van der Waals surface area contributed by atoms with Crippen molar-refractivity contribution < 1.29 is 22.4 Å². The Morgan fingerprint density at radius 3 is 2.53 bits per heavy atom. The van der Waals surface area contributed by atoms with Crippen LogP contribution >= 0.6 is 0 Å². The van der Waals surface area contributed by atoms with Crippen LogP contribution in [0.5, 0.6) is 0 Å². The van der Waals surface area contributed by atoms with Crippen molar-refractivity contribution in [2.24, 2.45) is 0 Å². The number of nitriles is 1. The fourth-order valence-corrected chi connectivity index (χ4v) is 3.21. The van der Waals surface area contributed by atoms with Crippen LogP contribution in [-0.4, -0.2) is 10.9 Å². The van der Waals surface area contributed by atoms with E-state index in [0.29, 0.717) is 16.7 Å². The van der Waals surface area contributed by atoms with Gasteiger partial charge in [-0.15, -0.1) is 0 Å². The number of amides is 1. The first kappa shape index (κ1) is 22.9. The van der Waals surface area contributed by atoms with E-state index in [9.17, 15) is 22.4 Å². The van der Waals surface area contributed by atoms with Gasteiger partial charge in [0.2, 0.25) is 5.91 Å². The van der Waals surface area contributed by atoms with E-state index < -0.39 is 29.5 Å². The molecule has 1 heterocycles. The highest BCUT2D eigenvalue weighted by Gasteiger charge is 2.33. The minimum Gasteiger partial charge on any atom is -0.351 e. The van der Waals surface area contributed by atoms with E-state index in [1.165, 1.54) is 18.2 Å². The molecule has 0 bridgehead atoms. The summed E-state index contributed by atoms with van der Waals surface area (Å²) in [4.78, 5) is 16.4. The number of rotatable bonds is 5. The normalized spacial score (nSPS) is 12.2. The minimum absolute atomic E-state index is 0.0592. The van der Waals surface area contributed by atoms with Crippen molar-refractivity contribution in [3.05, 3.63) is 88.4 Å². The number of nitrogens with one attached hydrogen (secondary N) is 1. The predicted octanol–water partition coefficient (Wildman–Crippen LogP) is 5.51. The third kappa shape index (κ3) is 5.11. The third-order valence-electron chi connectivity index (χ3n) is 5.02. The smallest absolute Gasteiger partial charge is 0.351 e. The van der Waals surface area contributed by atoms with Crippen LogP contribution in [-0.2, 0) is 17.5 Å². The Labute approximate surface area is 182 Å². The molecule has 8 heteroatoms. The van der Waals surface area contributed by atoms with Gasteiger partial charge in [0.15, 0.2) is 0 Å². The molecule has 3 aromatic rings. The van der Waals surface area contributed by atoms with Crippen molar-refractivity contribution in [1.82, 2.24) is 10.3 Å². The zero-order valence-corrected chi connectivity index (χ0v) is 17.3. The van der Waals surface area contributed by atoms with Crippen molar-refractivity contribution in [2.75, 3.05) is 0 Å². The van der Waals surface area contributed by atoms with E-state index in [0.717, 1.165) is 17.7 Å². The molecule has 0 spiro atoms. The highest BCUT2D eigenvalue weighted by atomic mass is 19.4. The maximum atomic E-state index is 13.9. The van der Waals surface area contributed by atoms with Crippen molar-refractivity contribution in [2.45, 2.75) is 32.5 Å². The Bertz CT molecular complexity index is 1200. The molecule has 0 fully saturated rings. The summed E-state index contributed by atoms with van der Waals surface area (Å²) in [5.41, 5.74) is 1.13. The van der Waals surface area contributed by atoms with Gasteiger partial charge in [-0.2, -0.15) is 18.4 Å². The molecule has 2 aromatic carbocycles. The van der Waals surface area contributed by atoms with E-state index >= 15 is 0 Å². The Hall–Kier alpha value is -3.73. The molecule has 0 aliphatic heterocycles. The van der Waals surface area contributed by atoms with Gasteiger partial charge in [0.05, 0.1) is 17.2 Å². The zero-order chi connectivity index (χ0) is 23.5. The number of halogens is 4. The average molecular weight is 441 g/mol. The molecule has 0 aliphatic carbocycles. The minimum atomic E-state index is -4.60. The second kappa shape index (κ2) is 9.18. The maximum Gasteiger partial charge on any atom is 0.433 e. The van der Waals surface area contributed by atoms with Gasteiger partial charge in [-0.05, 0) is 49.2 Å². The number of carbonyl (C=O) groups is 1. The second-order valence-electron chi connectivity index (χ2n) is 7.36. The summed E-state index contributed by atoms with van der Waals surface area (Å²) in [6, 6.07) is 14.7. The molecule has 164 valence electrons. The monoisotopic (exact) mass is 441 g/mol. The molecule has 1 aromatic heterocycles. The molecule has 1 unspecified atom stereocenters. The molecule has 0 saturated carbocycles. The number of aromatic nitrogens is 1. The van der Waals surface area contributed by atoms with Crippen molar-refractivity contribution in [1.29, 1.82) is 5.26 Å². The van der Waals surface area contributed by atoms with E-state index in [2.05, 4.69) is 10.3 Å². The summed E-state index contributed by atoms with van der Waals surface area (Å²) >= 11 is 0. The lowest BCUT2D eigenvalue weighted by atomic mass is 9.98. The Kier molecular flexibility index (Phi) is 6.58. The topological polar surface area (TPSA) is 65.8 Å². The lowest BCUT2D eigenvalue weighted by Gasteiger charge is -2.16. The molecular formula is C24H19F4N3O. The van der Waals surface area contributed by atoms with Crippen molar-refractivity contribution in [3.63, 3.8) is 0 Å². The van der Waals surface area contributed by atoms with Gasteiger partial charge in [-0.3, -0.25) is 4.79 Å². The fraction of sp³-hybridized carbons (Fsp3) is 0.208. The highest BCUT2D eigenvalue weighted by molar-refractivity contribution is 5.83. The number of carbonyl (C=O) groups excluding carboxylic acids is 1. The lowest BCUT2D eigenvalue weighted by molar-refractivity contribution is -0.141. The summed E-state index contributed by atoms with van der Waals surface area (Å²) in [5, 5.41) is 11.5. The van der Waals surface area contributed by atoms with Gasteiger partial charge in [-0.25, -0.2) is 9.37 Å². The first-order valence-electron chi connectivity index (χ1n) is 9.71. The van der Waals surface area contributed by atoms with Gasteiger partial charge in [0.1, 0.15) is 17.6 Å². The van der Waals surface area contributed by atoms with Crippen molar-refractivity contribution in [3.8, 4) is 17.3 Å². The van der Waals surface area contributed by atoms with Crippen LogP contribution in [0.1, 0.15) is 40.8 Å². The molecular weight excluding hydrogens is 422 g/mol. The number of benzene rings is 2. The summed E-state index contributed by atoms with van der Waals surface area (Å²) in [6.07, 6.45) is -4.60. The van der Waals surface area contributed by atoms with Crippen LogP contribution < -0.4 is 5.32 Å². The quantitative estimate of drug-likeness (QED) is 0.531. The molecule has 1 atom stereocenters. The largest absolute Gasteiger partial charge is 0.433 e. The SMILES string of the molecule is Cc1cccc(-c2nc(C(F)(F)F)ccc2CNC(=O)C(C)c2ccc(C#N)c(F)c2)c1. The van der Waals surface area contributed by atoms with Crippen LogP contribution in [0.25, 0.3) is 11.3 Å². The molecule has 4 nitrogen and oxygen atoms in total. The summed E-state index contributed by atoms with van der Waals surface area (Å²) in [5.74, 6) is -1.90. The van der Waals surface area contributed by atoms with Gasteiger partial charge >= 0.3 is 6.18 Å². The fourth-order valence-electron chi connectivity index (χ4n) is 3.21. The Morgan fingerprint density at radius 2 is 1.91 bits per heavy atom. The maximum absolute atomic E-state index is 13.9. The summed E-state index contributed by atoms with van der Waals surface area (Å²) in [6.45, 7) is 3.33. The summed E-state index contributed by atoms with van der Waals surface area (Å²) < 4.78 is 53.5. The van der Waals surface area contributed by atoms with Crippen LogP contribution in [0.3, 0.4) is 0 Å². The Morgan fingerprint density at radius 1 is 1.16 bits per heavy atom.